The van der Waals surface area contributed by atoms with Gasteiger partial charge in [0.2, 0.25) is 0 Å². The van der Waals surface area contributed by atoms with Gasteiger partial charge in [0.05, 0.1) is 6.61 Å². The number of likely N-dealkylation sites (tertiary alicyclic amines) is 1. The Morgan fingerprint density at radius 1 is 1.05 bits per heavy atom. The molecule has 0 saturated carbocycles. The molecule has 1 fully saturated rings. The van der Waals surface area contributed by atoms with Gasteiger partial charge in [0.15, 0.2) is 0 Å². The normalized spacial score (nSPS) is 16.7. The van der Waals surface area contributed by atoms with Gasteiger partial charge in [-0.25, -0.2) is 5.48 Å². The predicted octanol–water partition coefficient (Wildman–Crippen LogP) is 1.65. The van der Waals surface area contributed by atoms with Crippen LogP contribution >= 0.6 is 0 Å². The number of hydroxylamine groups is 1. The highest BCUT2D eigenvalue weighted by molar-refractivity contribution is 5.21. The Labute approximate surface area is 115 Å². The maximum absolute atomic E-state index is 5.56. The van der Waals surface area contributed by atoms with Gasteiger partial charge in [0, 0.05) is 19.6 Å². The summed E-state index contributed by atoms with van der Waals surface area (Å²) in [4.78, 5) is 7.97. The lowest BCUT2D eigenvalue weighted by molar-refractivity contribution is 0.0219. The molecule has 106 valence electrons. The van der Waals surface area contributed by atoms with Crippen molar-refractivity contribution in [2.24, 2.45) is 5.73 Å². The van der Waals surface area contributed by atoms with Gasteiger partial charge in [-0.2, -0.15) is 0 Å². The second-order valence-electron chi connectivity index (χ2n) is 5.11. The number of benzene rings is 1. The van der Waals surface area contributed by atoms with Crippen molar-refractivity contribution in [1.82, 2.24) is 10.4 Å². The molecule has 0 amide bonds. The van der Waals surface area contributed by atoms with Gasteiger partial charge >= 0.3 is 0 Å². The van der Waals surface area contributed by atoms with Crippen molar-refractivity contribution < 1.29 is 4.84 Å². The van der Waals surface area contributed by atoms with E-state index in [1.54, 1.807) is 0 Å². The van der Waals surface area contributed by atoms with Crippen LogP contribution in [0.2, 0.25) is 0 Å². The number of nitrogens with two attached hydrogens (primary N) is 1. The van der Waals surface area contributed by atoms with Crippen molar-refractivity contribution in [3.05, 3.63) is 35.4 Å². The molecular weight excluding hydrogens is 238 g/mol. The maximum Gasteiger partial charge on any atom is 0.0933 e. The van der Waals surface area contributed by atoms with E-state index in [1.165, 1.54) is 37.9 Å². The van der Waals surface area contributed by atoms with E-state index in [0.717, 1.165) is 18.7 Å². The lowest BCUT2D eigenvalue weighted by atomic mass is 10.1. The Morgan fingerprint density at radius 3 is 2.42 bits per heavy atom. The van der Waals surface area contributed by atoms with Crippen molar-refractivity contribution in [3.63, 3.8) is 0 Å². The number of piperidine rings is 1. The number of nitrogens with zero attached hydrogens (tertiary/aromatic N) is 1. The van der Waals surface area contributed by atoms with Crippen molar-refractivity contribution in [3.8, 4) is 0 Å². The second kappa shape index (κ2) is 8.27. The second-order valence-corrected chi connectivity index (χ2v) is 5.11. The highest BCUT2D eigenvalue weighted by atomic mass is 16.6. The summed E-state index contributed by atoms with van der Waals surface area (Å²) in [5.41, 5.74) is 10.9. The number of hydrogen-bond acceptors (Lipinski definition) is 4. The van der Waals surface area contributed by atoms with Crippen LogP contribution in [0.5, 0.6) is 0 Å². The van der Waals surface area contributed by atoms with E-state index in [4.69, 9.17) is 10.6 Å². The van der Waals surface area contributed by atoms with E-state index in [-0.39, 0.29) is 0 Å². The van der Waals surface area contributed by atoms with E-state index in [0.29, 0.717) is 13.2 Å². The largest absolute Gasteiger partial charge is 0.326 e. The highest BCUT2D eigenvalue weighted by Crippen LogP contribution is 2.07. The molecule has 0 atom stereocenters. The summed E-state index contributed by atoms with van der Waals surface area (Å²) in [5.74, 6) is 0. The zero-order valence-electron chi connectivity index (χ0n) is 11.6. The van der Waals surface area contributed by atoms with Crippen molar-refractivity contribution in [2.45, 2.75) is 32.4 Å². The van der Waals surface area contributed by atoms with Gasteiger partial charge in [-0.05, 0) is 37.1 Å². The number of rotatable bonds is 7. The van der Waals surface area contributed by atoms with Crippen LogP contribution in [0.1, 0.15) is 30.4 Å². The van der Waals surface area contributed by atoms with Crippen molar-refractivity contribution in [1.29, 1.82) is 0 Å². The highest BCUT2D eigenvalue weighted by Gasteiger charge is 2.08. The first kappa shape index (κ1) is 14.5. The summed E-state index contributed by atoms with van der Waals surface area (Å²) < 4.78 is 0. The lowest BCUT2D eigenvalue weighted by Gasteiger charge is -2.26. The lowest BCUT2D eigenvalue weighted by Crippen LogP contribution is -2.35. The quantitative estimate of drug-likeness (QED) is 0.580. The van der Waals surface area contributed by atoms with Crippen LogP contribution < -0.4 is 11.2 Å². The zero-order valence-corrected chi connectivity index (χ0v) is 11.6. The summed E-state index contributed by atoms with van der Waals surface area (Å²) in [5, 5.41) is 0. The summed E-state index contributed by atoms with van der Waals surface area (Å²) in [6.45, 7) is 5.64. The fourth-order valence-electron chi connectivity index (χ4n) is 2.36. The molecule has 0 unspecified atom stereocenters. The smallest absolute Gasteiger partial charge is 0.0933 e. The molecule has 1 aromatic carbocycles. The van der Waals surface area contributed by atoms with Crippen LogP contribution in [-0.4, -0.2) is 31.1 Å². The summed E-state index contributed by atoms with van der Waals surface area (Å²) in [6, 6.07) is 8.22. The van der Waals surface area contributed by atoms with Gasteiger partial charge in [0.1, 0.15) is 0 Å². The first-order valence-electron chi connectivity index (χ1n) is 7.23. The van der Waals surface area contributed by atoms with Gasteiger partial charge in [-0.15, -0.1) is 0 Å². The van der Waals surface area contributed by atoms with Crippen LogP contribution in [0.3, 0.4) is 0 Å². The third kappa shape index (κ3) is 5.28. The van der Waals surface area contributed by atoms with Crippen LogP contribution in [0, 0.1) is 0 Å². The minimum absolute atomic E-state index is 0.592. The first-order chi connectivity index (χ1) is 9.38. The molecule has 0 aromatic heterocycles. The van der Waals surface area contributed by atoms with E-state index in [2.05, 4.69) is 22.5 Å². The molecule has 1 heterocycles. The molecule has 1 aliphatic rings. The Bertz CT molecular complexity index is 347. The predicted molar refractivity (Wildman–Crippen MR) is 77.4 cm³/mol. The molecule has 1 aliphatic heterocycles. The van der Waals surface area contributed by atoms with Gasteiger partial charge in [0.25, 0.3) is 0 Å². The maximum atomic E-state index is 5.56. The van der Waals surface area contributed by atoms with Gasteiger partial charge in [-0.3, -0.25) is 4.84 Å². The zero-order chi connectivity index (χ0) is 13.3. The summed E-state index contributed by atoms with van der Waals surface area (Å²) in [7, 11) is 0. The van der Waals surface area contributed by atoms with E-state index in [1.807, 2.05) is 12.1 Å². The monoisotopic (exact) mass is 263 g/mol. The summed E-state index contributed by atoms with van der Waals surface area (Å²) in [6.07, 6.45) is 4.07. The SMILES string of the molecule is NCc1ccc(CONCCN2CCCCC2)cc1. The Kier molecular flexibility index (Phi) is 6.30. The third-order valence-corrected chi connectivity index (χ3v) is 3.58. The molecule has 1 aromatic rings. The molecule has 4 nitrogen and oxygen atoms in total. The van der Waals surface area contributed by atoms with Crippen molar-refractivity contribution in [2.75, 3.05) is 26.2 Å². The van der Waals surface area contributed by atoms with Crippen LogP contribution in [0.25, 0.3) is 0 Å². The van der Waals surface area contributed by atoms with E-state index < -0.39 is 0 Å². The fraction of sp³-hybridized carbons (Fsp3) is 0.600. The molecule has 0 bridgehead atoms. The number of nitrogens with one attached hydrogen (secondary N) is 1. The molecule has 19 heavy (non-hydrogen) atoms. The number of hydrogen-bond donors (Lipinski definition) is 2. The van der Waals surface area contributed by atoms with Crippen LogP contribution in [0.15, 0.2) is 24.3 Å². The van der Waals surface area contributed by atoms with Crippen LogP contribution in [0.4, 0.5) is 0 Å². The fourth-order valence-corrected chi connectivity index (χ4v) is 2.36. The van der Waals surface area contributed by atoms with Crippen LogP contribution in [-0.2, 0) is 18.0 Å². The molecule has 0 radical (unpaired) electrons. The first-order valence-corrected chi connectivity index (χ1v) is 7.23. The Balaban J connectivity index is 1.55. The Hall–Kier alpha value is -0.940. The molecule has 4 heteroatoms. The van der Waals surface area contributed by atoms with E-state index in [9.17, 15) is 0 Å². The molecule has 1 saturated heterocycles. The molecule has 0 aliphatic carbocycles. The standard InChI is InChI=1S/C15H25N3O/c16-12-14-4-6-15(7-5-14)13-19-17-8-11-18-9-2-1-3-10-18/h4-7,17H,1-3,8-13,16H2. The molecule has 0 spiro atoms. The Morgan fingerprint density at radius 2 is 1.74 bits per heavy atom. The third-order valence-electron chi connectivity index (χ3n) is 3.58. The minimum atomic E-state index is 0.592. The minimum Gasteiger partial charge on any atom is -0.326 e. The average molecular weight is 263 g/mol. The van der Waals surface area contributed by atoms with Gasteiger partial charge in [-0.1, -0.05) is 30.7 Å². The summed E-state index contributed by atoms with van der Waals surface area (Å²) >= 11 is 0. The van der Waals surface area contributed by atoms with Gasteiger partial charge < -0.3 is 10.6 Å². The van der Waals surface area contributed by atoms with E-state index >= 15 is 0 Å². The van der Waals surface area contributed by atoms with Crippen molar-refractivity contribution >= 4 is 0 Å². The topological polar surface area (TPSA) is 50.5 Å². The average Bonchev–Trinajstić information content (AvgIpc) is 2.49. The molecular formula is C15H25N3O. The molecule has 3 N–H and O–H groups in total. The molecule has 2 rings (SSSR count).